The number of fused-ring (bicyclic) bond motifs is 1. The third-order valence-corrected chi connectivity index (χ3v) is 5.87. The summed E-state index contributed by atoms with van der Waals surface area (Å²) in [6, 6.07) is 13.4. The molecule has 2 aromatic heterocycles. The van der Waals surface area contributed by atoms with Gasteiger partial charge in [-0.3, -0.25) is 14.4 Å². The van der Waals surface area contributed by atoms with E-state index in [1.807, 2.05) is 36.4 Å². The smallest absolute Gasteiger partial charge is 0.267 e. The van der Waals surface area contributed by atoms with Gasteiger partial charge >= 0.3 is 0 Å². The minimum Gasteiger partial charge on any atom is -0.495 e. The lowest BCUT2D eigenvalue weighted by Gasteiger charge is -2.19. The van der Waals surface area contributed by atoms with Gasteiger partial charge in [0.2, 0.25) is 5.88 Å². The lowest BCUT2D eigenvalue weighted by molar-refractivity contribution is 0.0982. The van der Waals surface area contributed by atoms with Crippen LogP contribution in [-0.4, -0.2) is 42.0 Å². The molecule has 2 aromatic carbocycles. The van der Waals surface area contributed by atoms with Crippen molar-refractivity contribution in [2.24, 2.45) is 7.05 Å². The molecule has 0 saturated heterocycles. The van der Waals surface area contributed by atoms with E-state index in [4.69, 9.17) is 19.2 Å². The number of aryl methyl sites for hydroxylation is 1. The van der Waals surface area contributed by atoms with E-state index in [1.165, 1.54) is 18.4 Å². The van der Waals surface area contributed by atoms with E-state index in [0.717, 1.165) is 10.3 Å². The van der Waals surface area contributed by atoms with Crippen molar-refractivity contribution < 1.29 is 19.0 Å². The highest BCUT2D eigenvalue weighted by atomic mass is 32.1. The van der Waals surface area contributed by atoms with Crippen molar-refractivity contribution in [3.05, 3.63) is 59.8 Å². The molecule has 0 saturated carbocycles. The summed E-state index contributed by atoms with van der Waals surface area (Å²) in [6.45, 7) is 0.335. The molecular weight excluding hydrogens is 416 g/mol. The molecule has 0 atom stereocenters. The second-order valence-electron chi connectivity index (χ2n) is 6.75. The van der Waals surface area contributed by atoms with Gasteiger partial charge in [0, 0.05) is 13.2 Å². The van der Waals surface area contributed by atoms with E-state index in [1.54, 1.807) is 43.1 Å². The van der Waals surface area contributed by atoms with Gasteiger partial charge in [-0.25, -0.2) is 4.98 Å². The van der Waals surface area contributed by atoms with E-state index >= 15 is 0 Å². The van der Waals surface area contributed by atoms with Crippen molar-refractivity contribution in [1.82, 2.24) is 14.8 Å². The van der Waals surface area contributed by atoms with Crippen molar-refractivity contribution in [2.45, 2.75) is 6.54 Å². The average Bonchev–Trinajstić information content (AvgIpc) is 3.40. The number of anilines is 1. The maximum absolute atomic E-state index is 13.6. The summed E-state index contributed by atoms with van der Waals surface area (Å²) in [6.07, 6.45) is 1.65. The lowest BCUT2D eigenvalue weighted by atomic mass is 10.2. The first-order chi connectivity index (χ1) is 15.0. The molecule has 2 heterocycles. The lowest BCUT2D eigenvalue weighted by Crippen LogP contribution is -2.30. The molecule has 0 aliphatic rings. The predicted octanol–water partition coefficient (Wildman–Crippen LogP) is 3.90. The number of hydrogen-bond acceptors (Lipinski definition) is 7. The molecule has 4 aromatic rings. The SMILES string of the molecule is COc1nn(C)cc1C(=O)N(Cc1ccccc1)c1nc2c(OC)ccc(OC)c2s1. The average molecular weight is 439 g/mol. The van der Waals surface area contributed by atoms with Crippen LogP contribution in [0.3, 0.4) is 0 Å². The number of carbonyl (C=O) groups excluding carboxylic acids is 1. The Labute approximate surface area is 183 Å². The van der Waals surface area contributed by atoms with Crippen LogP contribution in [0, 0.1) is 0 Å². The molecule has 1 amide bonds. The van der Waals surface area contributed by atoms with Crippen LogP contribution in [0.4, 0.5) is 5.13 Å². The second-order valence-corrected chi connectivity index (χ2v) is 7.72. The molecule has 0 unspecified atom stereocenters. The normalized spacial score (nSPS) is 10.8. The number of benzene rings is 2. The molecule has 160 valence electrons. The maximum atomic E-state index is 13.6. The third kappa shape index (κ3) is 3.91. The Balaban J connectivity index is 1.85. The number of carbonyl (C=O) groups is 1. The molecule has 4 rings (SSSR count). The zero-order valence-corrected chi connectivity index (χ0v) is 18.5. The first-order valence-electron chi connectivity index (χ1n) is 9.50. The molecule has 0 aliphatic heterocycles. The molecule has 31 heavy (non-hydrogen) atoms. The minimum absolute atomic E-state index is 0.259. The zero-order chi connectivity index (χ0) is 22.0. The maximum Gasteiger partial charge on any atom is 0.267 e. The summed E-state index contributed by atoms with van der Waals surface area (Å²) < 4.78 is 18.7. The van der Waals surface area contributed by atoms with Crippen molar-refractivity contribution in [3.8, 4) is 17.4 Å². The summed E-state index contributed by atoms with van der Waals surface area (Å²) in [5, 5.41) is 4.75. The fraction of sp³-hybridized carbons (Fsp3) is 0.227. The summed E-state index contributed by atoms with van der Waals surface area (Å²) in [5.41, 5.74) is 1.97. The fourth-order valence-corrected chi connectivity index (χ4v) is 4.37. The molecule has 0 spiro atoms. The van der Waals surface area contributed by atoms with Gasteiger partial charge in [0.05, 0.1) is 27.9 Å². The quantitative estimate of drug-likeness (QED) is 0.435. The molecule has 0 N–H and O–H groups in total. The van der Waals surface area contributed by atoms with Crippen LogP contribution < -0.4 is 19.1 Å². The Bertz CT molecular complexity index is 1180. The van der Waals surface area contributed by atoms with Crippen molar-refractivity contribution >= 4 is 32.6 Å². The number of rotatable bonds is 7. The Kier molecular flexibility index (Phi) is 5.77. The molecular formula is C22H22N4O4S. The number of thiazole rings is 1. The number of amides is 1. The third-order valence-electron chi connectivity index (χ3n) is 4.78. The van der Waals surface area contributed by atoms with Crippen molar-refractivity contribution in [2.75, 3.05) is 26.2 Å². The van der Waals surface area contributed by atoms with Crippen LogP contribution in [0.1, 0.15) is 15.9 Å². The Morgan fingerprint density at radius 2 is 1.74 bits per heavy atom. The van der Waals surface area contributed by atoms with E-state index < -0.39 is 0 Å². The van der Waals surface area contributed by atoms with Gasteiger partial charge in [-0.15, -0.1) is 5.10 Å². The van der Waals surface area contributed by atoms with Crippen LogP contribution in [-0.2, 0) is 13.6 Å². The highest BCUT2D eigenvalue weighted by Crippen LogP contribution is 2.41. The summed E-state index contributed by atoms with van der Waals surface area (Å²) >= 11 is 1.37. The van der Waals surface area contributed by atoms with Gasteiger partial charge in [0.15, 0.2) is 5.13 Å². The summed E-state index contributed by atoms with van der Waals surface area (Å²) in [4.78, 5) is 20.0. The molecule has 9 heteroatoms. The van der Waals surface area contributed by atoms with Gasteiger partial charge in [0.25, 0.3) is 5.91 Å². The van der Waals surface area contributed by atoms with Crippen LogP contribution in [0.5, 0.6) is 17.4 Å². The number of aromatic nitrogens is 3. The molecule has 0 radical (unpaired) electrons. The Morgan fingerprint density at radius 1 is 1.03 bits per heavy atom. The molecule has 0 bridgehead atoms. The summed E-state index contributed by atoms with van der Waals surface area (Å²) in [5.74, 6) is 1.29. The number of nitrogens with zero attached hydrogens (tertiary/aromatic N) is 4. The van der Waals surface area contributed by atoms with Gasteiger partial charge in [0.1, 0.15) is 27.3 Å². The number of hydrogen-bond donors (Lipinski definition) is 0. The second kappa shape index (κ2) is 8.65. The van der Waals surface area contributed by atoms with Crippen molar-refractivity contribution in [3.63, 3.8) is 0 Å². The van der Waals surface area contributed by atoms with Crippen molar-refractivity contribution in [1.29, 1.82) is 0 Å². The Morgan fingerprint density at radius 3 is 2.42 bits per heavy atom. The first kappa shape index (κ1) is 20.7. The summed E-state index contributed by atoms with van der Waals surface area (Å²) in [7, 11) is 6.43. The Hall–Kier alpha value is -3.59. The van der Waals surface area contributed by atoms with Crippen LogP contribution in [0.2, 0.25) is 0 Å². The van der Waals surface area contributed by atoms with Crippen LogP contribution >= 0.6 is 11.3 Å². The van der Waals surface area contributed by atoms with Crippen LogP contribution in [0.25, 0.3) is 10.2 Å². The monoisotopic (exact) mass is 438 g/mol. The van der Waals surface area contributed by atoms with Gasteiger partial charge in [-0.05, 0) is 17.7 Å². The van der Waals surface area contributed by atoms with E-state index in [2.05, 4.69) is 5.10 Å². The fourth-order valence-electron chi connectivity index (χ4n) is 3.29. The zero-order valence-electron chi connectivity index (χ0n) is 17.7. The van der Waals surface area contributed by atoms with Gasteiger partial charge in [-0.1, -0.05) is 41.7 Å². The minimum atomic E-state index is -0.259. The van der Waals surface area contributed by atoms with Crippen LogP contribution in [0.15, 0.2) is 48.7 Å². The van der Waals surface area contributed by atoms with E-state index in [-0.39, 0.29) is 11.8 Å². The highest BCUT2D eigenvalue weighted by molar-refractivity contribution is 7.22. The molecule has 8 nitrogen and oxygen atoms in total. The molecule has 0 aliphatic carbocycles. The van der Waals surface area contributed by atoms with E-state index in [0.29, 0.717) is 34.3 Å². The number of ether oxygens (including phenoxy) is 3. The topological polar surface area (TPSA) is 78.7 Å². The van der Waals surface area contributed by atoms with Gasteiger partial charge < -0.3 is 14.2 Å². The predicted molar refractivity (Wildman–Crippen MR) is 119 cm³/mol. The largest absolute Gasteiger partial charge is 0.495 e. The standard InChI is InChI=1S/C22H22N4O4S/c1-25-13-15(20(24-25)30-4)21(27)26(12-14-8-6-5-7-9-14)22-23-18-16(28-2)10-11-17(29-3)19(18)31-22/h5-11,13H,12H2,1-4H3. The number of methoxy groups -OCH3 is 3. The van der Waals surface area contributed by atoms with E-state index in [9.17, 15) is 4.79 Å². The van der Waals surface area contributed by atoms with Gasteiger partial charge in [-0.2, -0.15) is 0 Å². The first-order valence-corrected chi connectivity index (χ1v) is 10.3. The molecule has 0 fully saturated rings. The highest BCUT2D eigenvalue weighted by Gasteiger charge is 2.27.